The van der Waals surface area contributed by atoms with Gasteiger partial charge in [-0.1, -0.05) is 133 Å². The summed E-state index contributed by atoms with van der Waals surface area (Å²) in [6.45, 7) is 0. The van der Waals surface area contributed by atoms with Crippen LogP contribution in [0.3, 0.4) is 0 Å². The van der Waals surface area contributed by atoms with Crippen molar-refractivity contribution in [1.29, 1.82) is 0 Å². The summed E-state index contributed by atoms with van der Waals surface area (Å²) in [7, 11) is 0. The van der Waals surface area contributed by atoms with Crippen molar-refractivity contribution in [1.82, 2.24) is 0 Å². The zero-order valence-electron chi connectivity index (χ0n) is 28.3. The van der Waals surface area contributed by atoms with E-state index in [9.17, 15) is 0 Å². The molecule has 8 aromatic rings. The minimum Gasteiger partial charge on any atom is -0.309 e. The number of para-hydroxylation sites is 2. The van der Waals surface area contributed by atoms with E-state index in [2.05, 4.69) is 248 Å². The number of anilines is 6. The second-order valence-electron chi connectivity index (χ2n) is 12.5. The second-order valence-corrected chi connectivity index (χ2v) is 14.2. The fourth-order valence-electron chi connectivity index (χ4n) is 6.59. The molecule has 0 heterocycles. The molecule has 0 radical (unpaired) electrons. The standard InChI is InChI=1S/C48H34Br2N2/c49-45-15-7-9-17-47(45)51(41-27-19-37(20-28-41)35-11-3-1-4-12-35)43-31-23-39(24-32-43)40-25-33-44(34-26-40)52(48-18-10-8-16-46(48)50)42-29-21-38(22-30-42)36-13-5-2-6-14-36/h1-34H. The monoisotopic (exact) mass is 796 g/mol. The normalized spacial score (nSPS) is 10.9. The van der Waals surface area contributed by atoms with Crippen LogP contribution in [0.15, 0.2) is 215 Å². The van der Waals surface area contributed by atoms with Crippen molar-refractivity contribution >= 4 is 66.0 Å². The van der Waals surface area contributed by atoms with Crippen LogP contribution in [0, 0.1) is 0 Å². The zero-order valence-corrected chi connectivity index (χ0v) is 31.5. The second kappa shape index (κ2) is 15.3. The van der Waals surface area contributed by atoms with E-state index in [1.165, 1.54) is 22.3 Å². The highest BCUT2D eigenvalue weighted by atomic mass is 79.9. The molecular formula is C48H34Br2N2. The molecule has 0 bridgehead atoms. The van der Waals surface area contributed by atoms with Crippen LogP contribution in [0.5, 0.6) is 0 Å². The fourth-order valence-corrected chi connectivity index (χ4v) is 7.52. The van der Waals surface area contributed by atoms with Gasteiger partial charge in [0, 0.05) is 31.7 Å². The minimum atomic E-state index is 1.03. The molecule has 0 amide bonds. The van der Waals surface area contributed by atoms with Gasteiger partial charge in [0.25, 0.3) is 0 Å². The molecule has 52 heavy (non-hydrogen) atoms. The van der Waals surface area contributed by atoms with E-state index in [-0.39, 0.29) is 0 Å². The largest absolute Gasteiger partial charge is 0.309 e. The molecule has 0 unspecified atom stereocenters. The highest BCUT2D eigenvalue weighted by molar-refractivity contribution is 9.11. The lowest BCUT2D eigenvalue weighted by Gasteiger charge is -2.27. The van der Waals surface area contributed by atoms with E-state index < -0.39 is 0 Å². The Labute approximate surface area is 322 Å². The first-order chi connectivity index (χ1) is 25.6. The molecule has 8 rings (SSSR count). The maximum absolute atomic E-state index is 3.82. The number of rotatable bonds is 9. The Morgan fingerprint density at radius 3 is 0.731 bits per heavy atom. The summed E-state index contributed by atoms with van der Waals surface area (Å²) in [5.74, 6) is 0. The first-order valence-electron chi connectivity index (χ1n) is 17.2. The molecule has 0 atom stereocenters. The number of halogens is 2. The van der Waals surface area contributed by atoms with Gasteiger partial charge in [-0.3, -0.25) is 0 Å². The summed E-state index contributed by atoms with van der Waals surface area (Å²) in [5, 5.41) is 0. The van der Waals surface area contributed by atoms with Crippen LogP contribution < -0.4 is 9.80 Å². The van der Waals surface area contributed by atoms with Crippen molar-refractivity contribution in [2.45, 2.75) is 0 Å². The van der Waals surface area contributed by atoms with E-state index >= 15 is 0 Å². The Morgan fingerprint density at radius 2 is 0.462 bits per heavy atom. The predicted molar refractivity (Wildman–Crippen MR) is 228 cm³/mol. The lowest BCUT2D eigenvalue weighted by molar-refractivity contribution is 1.27. The maximum Gasteiger partial charge on any atom is 0.0603 e. The molecule has 8 aromatic carbocycles. The van der Waals surface area contributed by atoms with Crippen LogP contribution in [0.25, 0.3) is 33.4 Å². The molecule has 250 valence electrons. The van der Waals surface area contributed by atoms with Crippen molar-refractivity contribution in [2.24, 2.45) is 0 Å². The Hall–Kier alpha value is -5.68. The van der Waals surface area contributed by atoms with Gasteiger partial charge in [0.2, 0.25) is 0 Å². The van der Waals surface area contributed by atoms with Crippen LogP contribution in [0.4, 0.5) is 34.1 Å². The van der Waals surface area contributed by atoms with Gasteiger partial charge in [-0.15, -0.1) is 0 Å². The predicted octanol–water partition coefficient (Wildman–Crippen LogP) is 15.2. The third-order valence-electron chi connectivity index (χ3n) is 9.24. The van der Waals surface area contributed by atoms with Crippen LogP contribution in [0.1, 0.15) is 0 Å². The molecule has 0 N–H and O–H groups in total. The topological polar surface area (TPSA) is 6.48 Å². The van der Waals surface area contributed by atoms with E-state index in [1.807, 2.05) is 0 Å². The SMILES string of the molecule is Brc1ccccc1N(c1ccc(-c2ccccc2)cc1)c1ccc(-c2ccc(N(c3ccc(-c4ccccc4)cc3)c3ccccc3Br)cc2)cc1. The molecule has 0 spiro atoms. The maximum atomic E-state index is 3.82. The van der Waals surface area contributed by atoms with Gasteiger partial charge in [-0.25, -0.2) is 0 Å². The quantitative estimate of drug-likeness (QED) is 0.144. The smallest absolute Gasteiger partial charge is 0.0603 e. The van der Waals surface area contributed by atoms with Gasteiger partial charge in [-0.05, 0) is 138 Å². The van der Waals surface area contributed by atoms with Gasteiger partial charge < -0.3 is 9.80 Å². The summed E-state index contributed by atoms with van der Waals surface area (Å²) in [6, 6.07) is 72.9. The molecular weight excluding hydrogens is 764 g/mol. The third-order valence-corrected chi connectivity index (χ3v) is 10.6. The molecule has 0 fully saturated rings. The molecule has 0 aromatic heterocycles. The van der Waals surface area contributed by atoms with Crippen LogP contribution >= 0.6 is 31.9 Å². The van der Waals surface area contributed by atoms with E-state index in [4.69, 9.17) is 0 Å². The highest BCUT2D eigenvalue weighted by Crippen LogP contribution is 2.42. The van der Waals surface area contributed by atoms with Crippen molar-refractivity contribution in [2.75, 3.05) is 9.80 Å². The zero-order chi connectivity index (χ0) is 35.3. The summed E-state index contributed by atoms with van der Waals surface area (Å²) in [4.78, 5) is 4.59. The first-order valence-corrected chi connectivity index (χ1v) is 18.8. The Kier molecular flexibility index (Phi) is 9.84. The first kappa shape index (κ1) is 33.5. The molecule has 0 saturated carbocycles. The molecule has 2 nitrogen and oxygen atoms in total. The average molecular weight is 799 g/mol. The van der Waals surface area contributed by atoms with Gasteiger partial charge in [0.15, 0.2) is 0 Å². The minimum absolute atomic E-state index is 1.03. The molecule has 0 aliphatic rings. The van der Waals surface area contributed by atoms with Crippen molar-refractivity contribution in [3.8, 4) is 33.4 Å². The molecule has 4 heteroatoms. The number of hydrogen-bond donors (Lipinski definition) is 0. The summed E-state index contributed by atoms with van der Waals surface area (Å²) >= 11 is 7.63. The van der Waals surface area contributed by atoms with E-state index in [0.29, 0.717) is 0 Å². The number of benzene rings is 8. The van der Waals surface area contributed by atoms with Crippen molar-refractivity contribution in [3.63, 3.8) is 0 Å². The summed E-state index contributed by atoms with van der Waals surface area (Å²) < 4.78 is 2.07. The van der Waals surface area contributed by atoms with Gasteiger partial charge in [0.1, 0.15) is 0 Å². The molecule has 0 aliphatic heterocycles. The van der Waals surface area contributed by atoms with Crippen LogP contribution in [-0.4, -0.2) is 0 Å². The lowest BCUT2D eigenvalue weighted by Crippen LogP contribution is -2.10. The highest BCUT2D eigenvalue weighted by Gasteiger charge is 2.17. The Morgan fingerprint density at radius 1 is 0.231 bits per heavy atom. The lowest BCUT2D eigenvalue weighted by atomic mass is 10.0. The van der Waals surface area contributed by atoms with Crippen molar-refractivity contribution < 1.29 is 0 Å². The van der Waals surface area contributed by atoms with Crippen molar-refractivity contribution in [3.05, 3.63) is 215 Å². The average Bonchev–Trinajstić information content (AvgIpc) is 3.21. The number of nitrogens with zero attached hydrogens (tertiary/aromatic N) is 2. The van der Waals surface area contributed by atoms with E-state index in [0.717, 1.165) is 54.2 Å². The van der Waals surface area contributed by atoms with Gasteiger partial charge >= 0.3 is 0 Å². The summed E-state index contributed by atoms with van der Waals surface area (Å²) in [6.07, 6.45) is 0. The Balaban J connectivity index is 1.10. The third kappa shape index (κ3) is 7.09. The van der Waals surface area contributed by atoms with Gasteiger partial charge in [0.05, 0.1) is 11.4 Å². The Bertz CT molecular complexity index is 2220. The fraction of sp³-hybridized carbons (Fsp3) is 0. The molecule has 0 aliphatic carbocycles. The van der Waals surface area contributed by atoms with E-state index in [1.54, 1.807) is 0 Å². The summed E-state index contributed by atoms with van der Waals surface area (Å²) in [5.41, 5.74) is 13.6. The van der Waals surface area contributed by atoms with Crippen LogP contribution in [-0.2, 0) is 0 Å². The van der Waals surface area contributed by atoms with Gasteiger partial charge in [-0.2, -0.15) is 0 Å². The van der Waals surface area contributed by atoms with Crippen LogP contribution in [0.2, 0.25) is 0 Å². The number of hydrogen-bond acceptors (Lipinski definition) is 2. The molecule has 0 saturated heterocycles.